The first-order valence-corrected chi connectivity index (χ1v) is 14.6. The lowest BCUT2D eigenvalue weighted by atomic mass is 9.69. The van der Waals surface area contributed by atoms with Crippen molar-refractivity contribution in [3.8, 4) is 0 Å². The van der Waals surface area contributed by atoms with E-state index in [1.54, 1.807) is 6.08 Å². The van der Waals surface area contributed by atoms with Crippen LogP contribution in [0.3, 0.4) is 0 Å². The van der Waals surface area contributed by atoms with Crippen molar-refractivity contribution in [2.45, 2.75) is 74.8 Å². The molecule has 16 heteroatoms. The topological polar surface area (TPSA) is 245 Å². The summed E-state index contributed by atoms with van der Waals surface area (Å²) in [6.45, 7) is 0.482. The zero-order chi connectivity index (χ0) is 31.0. The van der Waals surface area contributed by atoms with Gasteiger partial charge < -0.3 is 42.1 Å². The Kier molecular flexibility index (Phi) is 12.6. The van der Waals surface area contributed by atoms with Gasteiger partial charge in [0.25, 0.3) is 0 Å². The van der Waals surface area contributed by atoms with E-state index in [1.165, 1.54) is 6.92 Å². The Labute approximate surface area is 245 Å². The van der Waals surface area contributed by atoms with Gasteiger partial charge in [0.15, 0.2) is 5.54 Å². The lowest BCUT2D eigenvalue weighted by molar-refractivity contribution is -0.142. The largest absolute Gasteiger partial charge is 0.480 e. The molecule has 1 heterocycles. The highest BCUT2D eigenvalue weighted by molar-refractivity contribution is 8.13. The minimum absolute atomic E-state index is 0.00549. The van der Waals surface area contributed by atoms with Gasteiger partial charge in [-0.15, -0.1) is 11.6 Å². The SMILES string of the molecule is C[C@]1(O)[C@@H](CCCl)C(=O)N[C@]1(C(=O)SCC(NC(=O)CCC(N)C(=O)O)C(=O)NCC(=O)O)[C@@H](O)[C@@H]1C=CCCC1. The summed E-state index contributed by atoms with van der Waals surface area (Å²) in [5, 5.41) is 47.1. The maximum absolute atomic E-state index is 13.9. The first-order chi connectivity index (χ1) is 19.2. The zero-order valence-corrected chi connectivity index (χ0v) is 24.1. The first-order valence-electron chi connectivity index (χ1n) is 13.1. The quantitative estimate of drug-likeness (QED) is 0.0787. The summed E-state index contributed by atoms with van der Waals surface area (Å²) in [6, 6.07) is -2.80. The molecule has 0 saturated carbocycles. The van der Waals surface area contributed by atoms with Crippen molar-refractivity contribution >= 4 is 58.1 Å². The Balaban J connectivity index is 2.33. The van der Waals surface area contributed by atoms with Gasteiger partial charge >= 0.3 is 11.9 Å². The Morgan fingerprint density at radius 2 is 1.95 bits per heavy atom. The van der Waals surface area contributed by atoms with Crippen LogP contribution in [0.25, 0.3) is 0 Å². The fourth-order valence-corrected chi connectivity index (χ4v) is 6.43. The number of halogens is 1. The molecular weight excluding hydrogens is 584 g/mol. The van der Waals surface area contributed by atoms with Crippen LogP contribution in [-0.4, -0.2) is 103 Å². The predicted octanol–water partition coefficient (Wildman–Crippen LogP) is -1.29. The number of nitrogens with one attached hydrogen (secondary N) is 3. The smallest absolute Gasteiger partial charge is 0.322 e. The number of amides is 3. The second kappa shape index (κ2) is 15.0. The molecule has 2 aliphatic rings. The van der Waals surface area contributed by atoms with Crippen LogP contribution in [0.4, 0.5) is 0 Å². The summed E-state index contributed by atoms with van der Waals surface area (Å²) in [5.74, 6) is -7.28. The molecule has 0 aromatic rings. The molecule has 2 unspecified atom stereocenters. The molecule has 9 N–H and O–H groups in total. The third-order valence-electron chi connectivity index (χ3n) is 7.42. The standard InChI is InChI=1S/C25H37ClN4O10S/c1-24(40)14(9-10-26)20(35)30-25(24,19(34)13-5-3-2-4-6-13)23(39)41-12-16(21(36)28-11-18(32)33)29-17(31)8-7-15(27)22(37)38/h3,5,13-16,19,34,40H,2,4,6-12,27H2,1H3,(H,28,36)(H,29,31)(H,30,35)(H,32,33)(H,37,38)/t13-,14+,15?,16?,19+,24+,25+/m1/s1. The number of aliphatic hydroxyl groups is 2. The van der Waals surface area contributed by atoms with E-state index in [-0.39, 0.29) is 25.1 Å². The number of carboxylic acids is 2. The maximum atomic E-state index is 13.9. The lowest BCUT2D eigenvalue weighted by Crippen LogP contribution is -2.69. The zero-order valence-electron chi connectivity index (χ0n) is 22.5. The third-order valence-corrected chi connectivity index (χ3v) is 8.72. The van der Waals surface area contributed by atoms with Crippen molar-refractivity contribution < 1.29 is 49.2 Å². The number of aliphatic hydroxyl groups excluding tert-OH is 1. The molecule has 0 spiro atoms. The summed E-state index contributed by atoms with van der Waals surface area (Å²) in [4.78, 5) is 73.9. The van der Waals surface area contributed by atoms with Gasteiger partial charge in [-0.05, 0) is 39.0 Å². The van der Waals surface area contributed by atoms with Crippen LogP contribution in [-0.2, 0) is 28.8 Å². The van der Waals surface area contributed by atoms with Crippen LogP contribution in [0.15, 0.2) is 12.2 Å². The van der Waals surface area contributed by atoms with Crippen LogP contribution in [0.5, 0.6) is 0 Å². The number of aliphatic carboxylic acids is 2. The molecule has 1 saturated heterocycles. The number of carbonyl (C=O) groups is 6. The number of carbonyl (C=O) groups excluding carboxylic acids is 4. The fourth-order valence-electron chi connectivity index (χ4n) is 5.05. The average Bonchev–Trinajstić information content (AvgIpc) is 3.13. The predicted molar refractivity (Wildman–Crippen MR) is 148 cm³/mol. The molecular formula is C25H37ClN4O10S. The van der Waals surface area contributed by atoms with Crippen LogP contribution >= 0.6 is 23.4 Å². The molecule has 1 aliphatic carbocycles. The molecule has 0 aromatic heterocycles. The van der Waals surface area contributed by atoms with Gasteiger partial charge in [0.2, 0.25) is 22.8 Å². The van der Waals surface area contributed by atoms with Crippen molar-refractivity contribution in [1.29, 1.82) is 0 Å². The van der Waals surface area contributed by atoms with E-state index in [4.69, 9.17) is 27.5 Å². The van der Waals surface area contributed by atoms with Gasteiger partial charge in [0, 0.05) is 24.0 Å². The fraction of sp³-hybridized carbons (Fsp3) is 0.680. The van der Waals surface area contributed by atoms with Crippen molar-refractivity contribution in [1.82, 2.24) is 16.0 Å². The number of rotatable bonds is 15. The number of nitrogens with two attached hydrogens (primary N) is 1. The van der Waals surface area contributed by atoms with Crippen LogP contribution < -0.4 is 21.7 Å². The molecule has 7 atom stereocenters. The van der Waals surface area contributed by atoms with Crippen LogP contribution in [0.2, 0.25) is 0 Å². The van der Waals surface area contributed by atoms with Gasteiger partial charge in [-0.2, -0.15) is 0 Å². The minimum Gasteiger partial charge on any atom is -0.480 e. The Morgan fingerprint density at radius 1 is 1.27 bits per heavy atom. The first kappa shape index (κ1) is 34.5. The van der Waals surface area contributed by atoms with E-state index in [0.29, 0.717) is 24.6 Å². The van der Waals surface area contributed by atoms with Gasteiger partial charge in [-0.3, -0.25) is 28.8 Å². The van der Waals surface area contributed by atoms with Gasteiger partial charge in [-0.1, -0.05) is 23.9 Å². The Hall–Kier alpha value is -2.72. The van der Waals surface area contributed by atoms with E-state index in [1.807, 2.05) is 6.08 Å². The second-order valence-corrected chi connectivity index (χ2v) is 11.6. The van der Waals surface area contributed by atoms with E-state index < -0.39 is 88.2 Å². The minimum atomic E-state index is -2.20. The van der Waals surface area contributed by atoms with Crippen molar-refractivity contribution in [3.05, 3.63) is 12.2 Å². The monoisotopic (exact) mass is 620 g/mol. The number of allylic oxidation sites excluding steroid dienone is 1. The molecule has 2 rings (SSSR count). The highest BCUT2D eigenvalue weighted by Crippen LogP contribution is 2.46. The molecule has 0 radical (unpaired) electrons. The van der Waals surface area contributed by atoms with E-state index in [9.17, 15) is 39.0 Å². The third kappa shape index (κ3) is 8.19. The molecule has 1 aliphatic heterocycles. The summed E-state index contributed by atoms with van der Waals surface area (Å²) >= 11 is 6.31. The lowest BCUT2D eigenvalue weighted by Gasteiger charge is -2.45. The van der Waals surface area contributed by atoms with E-state index >= 15 is 0 Å². The number of carboxylic acid groups (broad SMARTS) is 2. The van der Waals surface area contributed by atoms with Crippen molar-refractivity contribution in [3.63, 3.8) is 0 Å². The molecule has 230 valence electrons. The summed E-state index contributed by atoms with van der Waals surface area (Å²) in [7, 11) is 0. The summed E-state index contributed by atoms with van der Waals surface area (Å²) < 4.78 is 0. The Morgan fingerprint density at radius 3 is 2.51 bits per heavy atom. The maximum Gasteiger partial charge on any atom is 0.322 e. The normalized spacial score (nSPS) is 27.8. The van der Waals surface area contributed by atoms with E-state index in [2.05, 4.69) is 16.0 Å². The van der Waals surface area contributed by atoms with Crippen LogP contribution in [0, 0.1) is 11.8 Å². The number of thioether (sulfide) groups is 1. The van der Waals surface area contributed by atoms with Gasteiger partial charge in [-0.25, -0.2) is 0 Å². The van der Waals surface area contributed by atoms with Gasteiger partial charge in [0.05, 0.1) is 12.0 Å². The summed E-state index contributed by atoms with van der Waals surface area (Å²) in [5.41, 5.74) is 1.12. The number of hydrogen-bond donors (Lipinski definition) is 8. The molecule has 41 heavy (non-hydrogen) atoms. The molecule has 0 bridgehead atoms. The molecule has 0 aromatic carbocycles. The average molecular weight is 621 g/mol. The number of alkyl halides is 1. The molecule has 1 fully saturated rings. The van der Waals surface area contributed by atoms with E-state index in [0.717, 1.165) is 6.42 Å². The van der Waals surface area contributed by atoms with Gasteiger partial charge in [0.1, 0.15) is 24.2 Å². The van der Waals surface area contributed by atoms with Crippen molar-refractivity contribution in [2.24, 2.45) is 17.6 Å². The van der Waals surface area contributed by atoms with Crippen molar-refractivity contribution in [2.75, 3.05) is 18.2 Å². The highest BCUT2D eigenvalue weighted by Gasteiger charge is 2.68. The van der Waals surface area contributed by atoms with Crippen LogP contribution in [0.1, 0.15) is 45.4 Å². The summed E-state index contributed by atoms with van der Waals surface area (Å²) in [6.07, 6.45) is 3.34. The number of hydrogen-bond acceptors (Lipinski definition) is 10. The second-order valence-electron chi connectivity index (χ2n) is 10.3. The molecule has 14 nitrogen and oxygen atoms in total. The highest BCUT2D eigenvalue weighted by atomic mass is 35.5. The Bertz CT molecular complexity index is 1060. The molecule has 3 amide bonds.